The molecule has 1 aliphatic rings. The van der Waals surface area contributed by atoms with Crippen LogP contribution in [0, 0.1) is 12.7 Å². The van der Waals surface area contributed by atoms with Crippen molar-refractivity contribution in [3.8, 4) is 0 Å². The van der Waals surface area contributed by atoms with Crippen molar-refractivity contribution in [2.75, 3.05) is 18.4 Å². The standard InChI is InChI=1S/C21H25FN2O3S/c1-16-9-10-19(23-21(25)14-17-7-6-8-18(22)13-17)15-20(16)28(26,27)24-11-4-2-3-5-12-24/h6-10,13,15H,2-5,11-12,14H2,1H3,(H,23,25). The Morgan fingerprint density at radius 3 is 2.46 bits per heavy atom. The highest BCUT2D eigenvalue weighted by atomic mass is 32.2. The average Bonchev–Trinajstić information content (AvgIpc) is 2.93. The second-order valence-corrected chi connectivity index (χ2v) is 9.06. The van der Waals surface area contributed by atoms with Crippen molar-refractivity contribution in [3.63, 3.8) is 0 Å². The van der Waals surface area contributed by atoms with Gasteiger partial charge < -0.3 is 5.32 Å². The lowest BCUT2D eigenvalue weighted by Gasteiger charge is -2.21. The number of hydrogen-bond donors (Lipinski definition) is 1. The van der Waals surface area contributed by atoms with Crippen LogP contribution >= 0.6 is 0 Å². The third-order valence-electron chi connectivity index (χ3n) is 4.91. The second-order valence-electron chi connectivity index (χ2n) is 7.15. The summed E-state index contributed by atoms with van der Waals surface area (Å²) in [5, 5.41) is 2.72. The lowest BCUT2D eigenvalue weighted by atomic mass is 10.1. The molecule has 1 aliphatic heterocycles. The summed E-state index contributed by atoms with van der Waals surface area (Å²) in [6.07, 6.45) is 3.83. The van der Waals surface area contributed by atoms with Gasteiger partial charge in [0.05, 0.1) is 11.3 Å². The fourth-order valence-corrected chi connectivity index (χ4v) is 5.18. The quantitative estimate of drug-likeness (QED) is 0.822. The number of aryl methyl sites for hydroxylation is 1. The molecule has 0 spiro atoms. The summed E-state index contributed by atoms with van der Waals surface area (Å²) in [7, 11) is -3.61. The van der Waals surface area contributed by atoms with E-state index in [4.69, 9.17) is 0 Å². The molecule has 1 amide bonds. The summed E-state index contributed by atoms with van der Waals surface area (Å²) < 4.78 is 41.0. The van der Waals surface area contributed by atoms with E-state index in [1.54, 1.807) is 35.5 Å². The van der Waals surface area contributed by atoms with Gasteiger partial charge in [0.15, 0.2) is 0 Å². The van der Waals surface area contributed by atoms with Gasteiger partial charge in [-0.15, -0.1) is 0 Å². The molecular weight excluding hydrogens is 379 g/mol. The molecule has 1 saturated heterocycles. The summed E-state index contributed by atoms with van der Waals surface area (Å²) in [5.41, 5.74) is 1.62. The number of amides is 1. The Kier molecular flexibility index (Phi) is 6.46. The van der Waals surface area contributed by atoms with Gasteiger partial charge in [-0.3, -0.25) is 4.79 Å². The molecule has 7 heteroatoms. The van der Waals surface area contributed by atoms with Gasteiger partial charge >= 0.3 is 0 Å². The van der Waals surface area contributed by atoms with Crippen LogP contribution in [0.5, 0.6) is 0 Å². The maximum Gasteiger partial charge on any atom is 0.243 e. The van der Waals surface area contributed by atoms with Crippen LogP contribution in [0.2, 0.25) is 0 Å². The third-order valence-corrected chi connectivity index (χ3v) is 6.95. The SMILES string of the molecule is Cc1ccc(NC(=O)Cc2cccc(F)c2)cc1S(=O)(=O)N1CCCCCC1. The van der Waals surface area contributed by atoms with Crippen molar-refractivity contribution >= 4 is 21.6 Å². The van der Waals surface area contributed by atoms with E-state index in [1.165, 1.54) is 18.2 Å². The van der Waals surface area contributed by atoms with Gasteiger partial charge in [-0.1, -0.05) is 31.0 Å². The van der Waals surface area contributed by atoms with E-state index in [9.17, 15) is 17.6 Å². The van der Waals surface area contributed by atoms with Gasteiger partial charge in [0, 0.05) is 18.8 Å². The van der Waals surface area contributed by atoms with E-state index >= 15 is 0 Å². The Morgan fingerprint density at radius 1 is 1.07 bits per heavy atom. The highest BCUT2D eigenvalue weighted by molar-refractivity contribution is 7.89. The van der Waals surface area contributed by atoms with Crippen molar-refractivity contribution in [1.29, 1.82) is 0 Å². The lowest BCUT2D eigenvalue weighted by Crippen LogP contribution is -2.32. The molecule has 2 aromatic carbocycles. The number of halogens is 1. The third kappa shape index (κ3) is 4.97. The van der Waals surface area contributed by atoms with E-state index in [0.29, 0.717) is 29.9 Å². The van der Waals surface area contributed by atoms with Gasteiger partial charge in [0.2, 0.25) is 15.9 Å². The summed E-state index contributed by atoms with van der Waals surface area (Å²) in [4.78, 5) is 12.5. The molecule has 2 aromatic rings. The Balaban J connectivity index is 1.78. The molecule has 1 N–H and O–H groups in total. The lowest BCUT2D eigenvalue weighted by molar-refractivity contribution is -0.115. The fourth-order valence-electron chi connectivity index (χ4n) is 3.41. The van der Waals surface area contributed by atoms with Gasteiger partial charge in [-0.2, -0.15) is 4.31 Å². The maximum absolute atomic E-state index is 13.3. The van der Waals surface area contributed by atoms with Crippen LogP contribution in [0.15, 0.2) is 47.4 Å². The highest BCUT2D eigenvalue weighted by Gasteiger charge is 2.27. The minimum atomic E-state index is -3.61. The first kappa shape index (κ1) is 20.5. The van der Waals surface area contributed by atoms with Crippen LogP contribution in [0.1, 0.15) is 36.8 Å². The van der Waals surface area contributed by atoms with Crippen molar-refractivity contribution in [3.05, 3.63) is 59.4 Å². The molecule has 3 rings (SSSR count). The number of rotatable bonds is 5. The Hall–Kier alpha value is -2.25. The minimum Gasteiger partial charge on any atom is -0.326 e. The molecule has 1 fully saturated rings. The first-order valence-electron chi connectivity index (χ1n) is 9.51. The first-order valence-corrected chi connectivity index (χ1v) is 11.0. The van der Waals surface area contributed by atoms with Crippen LogP contribution in [0.25, 0.3) is 0 Å². The molecule has 0 atom stereocenters. The second kappa shape index (κ2) is 8.84. The normalized spacial score (nSPS) is 15.8. The van der Waals surface area contributed by atoms with Crippen LogP contribution < -0.4 is 5.32 Å². The fraction of sp³-hybridized carbons (Fsp3) is 0.381. The number of anilines is 1. The minimum absolute atomic E-state index is 0.0137. The molecule has 0 aromatic heterocycles. The summed E-state index contributed by atoms with van der Waals surface area (Å²) >= 11 is 0. The number of benzene rings is 2. The summed E-state index contributed by atoms with van der Waals surface area (Å²) in [6, 6.07) is 10.7. The number of carbonyl (C=O) groups excluding carboxylic acids is 1. The predicted molar refractivity (Wildman–Crippen MR) is 107 cm³/mol. The molecule has 0 aliphatic carbocycles. The molecule has 5 nitrogen and oxygen atoms in total. The molecular formula is C21H25FN2O3S. The zero-order chi connectivity index (χ0) is 20.1. The molecule has 1 heterocycles. The molecule has 0 radical (unpaired) electrons. The van der Waals surface area contributed by atoms with Crippen molar-refractivity contribution < 1.29 is 17.6 Å². The van der Waals surface area contributed by atoms with Gasteiger partial charge in [-0.05, 0) is 55.2 Å². The zero-order valence-electron chi connectivity index (χ0n) is 15.9. The Morgan fingerprint density at radius 2 is 1.79 bits per heavy atom. The Labute approximate surface area is 165 Å². The van der Waals surface area contributed by atoms with E-state index in [2.05, 4.69) is 5.32 Å². The average molecular weight is 405 g/mol. The largest absolute Gasteiger partial charge is 0.326 e. The van der Waals surface area contributed by atoms with Gasteiger partial charge in [0.25, 0.3) is 0 Å². The van der Waals surface area contributed by atoms with Crippen LogP contribution in [0.4, 0.5) is 10.1 Å². The first-order chi connectivity index (χ1) is 13.4. The Bertz CT molecular complexity index is 952. The van der Waals surface area contributed by atoms with E-state index in [0.717, 1.165) is 25.7 Å². The number of nitrogens with zero attached hydrogens (tertiary/aromatic N) is 1. The van der Waals surface area contributed by atoms with E-state index < -0.39 is 15.8 Å². The zero-order valence-corrected chi connectivity index (χ0v) is 16.8. The van der Waals surface area contributed by atoms with Crippen LogP contribution in [-0.2, 0) is 21.2 Å². The number of sulfonamides is 1. The molecule has 0 bridgehead atoms. The molecule has 0 saturated carbocycles. The summed E-state index contributed by atoms with van der Waals surface area (Å²) in [5.74, 6) is -0.723. The molecule has 0 unspecified atom stereocenters. The smallest absolute Gasteiger partial charge is 0.243 e. The van der Waals surface area contributed by atoms with Crippen LogP contribution in [0.3, 0.4) is 0 Å². The van der Waals surface area contributed by atoms with Crippen LogP contribution in [-0.4, -0.2) is 31.7 Å². The monoisotopic (exact) mass is 404 g/mol. The van der Waals surface area contributed by atoms with E-state index in [-0.39, 0.29) is 17.2 Å². The highest BCUT2D eigenvalue weighted by Crippen LogP contribution is 2.26. The molecule has 28 heavy (non-hydrogen) atoms. The number of nitrogens with one attached hydrogen (secondary N) is 1. The van der Waals surface area contributed by atoms with Crippen molar-refractivity contribution in [1.82, 2.24) is 4.31 Å². The summed E-state index contributed by atoms with van der Waals surface area (Å²) in [6.45, 7) is 2.80. The number of hydrogen-bond acceptors (Lipinski definition) is 3. The van der Waals surface area contributed by atoms with Crippen molar-refractivity contribution in [2.24, 2.45) is 0 Å². The number of carbonyl (C=O) groups is 1. The van der Waals surface area contributed by atoms with Gasteiger partial charge in [0.1, 0.15) is 5.82 Å². The topological polar surface area (TPSA) is 66.5 Å². The van der Waals surface area contributed by atoms with Crippen molar-refractivity contribution in [2.45, 2.75) is 43.9 Å². The predicted octanol–water partition coefficient (Wildman–Crippen LogP) is 3.88. The van der Waals surface area contributed by atoms with Gasteiger partial charge in [-0.25, -0.2) is 12.8 Å². The van der Waals surface area contributed by atoms with E-state index in [1.807, 2.05) is 0 Å². The maximum atomic E-state index is 13.3. The molecule has 150 valence electrons.